The van der Waals surface area contributed by atoms with E-state index in [1.807, 2.05) is 12.1 Å². The molecular weight excluding hydrogens is 176 g/mol. The van der Waals surface area contributed by atoms with E-state index in [9.17, 15) is 4.79 Å². The first-order valence-corrected chi connectivity index (χ1v) is 4.96. The number of hydrogen-bond donors (Lipinski definition) is 1. The Hall–Kier alpha value is -1.38. The van der Waals surface area contributed by atoms with Gasteiger partial charge in [0.15, 0.2) is 0 Å². The highest BCUT2D eigenvalue weighted by Gasteiger charge is 2.21. The number of nitrogen functional groups attached to an aromatic ring is 1. The van der Waals surface area contributed by atoms with E-state index in [0.29, 0.717) is 17.5 Å². The minimum Gasteiger partial charge on any atom is -0.384 e. The summed E-state index contributed by atoms with van der Waals surface area (Å²) in [5, 5.41) is 0. The molecule has 1 aliphatic rings. The van der Waals surface area contributed by atoms with E-state index in [-0.39, 0.29) is 0 Å². The van der Waals surface area contributed by atoms with Crippen molar-refractivity contribution in [1.29, 1.82) is 0 Å². The number of rotatable bonds is 2. The summed E-state index contributed by atoms with van der Waals surface area (Å²) in [6.45, 7) is 0. The van der Waals surface area contributed by atoms with Crippen LogP contribution in [0.4, 0.5) is 5.82 Å². The largest absolute Gasteiger partial charge is 0.384 e. The van der Waals surface area contributed by atoms with Gasteiger partial charge in [-0.25, -0.2) is 4.98 Å². The number of nitrogens with two attached hydrogens (primary N) is 1. The Morgan fingerprint density at radius 3 is 3.07 bits per heavy atom. The van der Waals surface area contributed by atoms with Crippen molar-refractivity contribution in [3.63, 3.8) is 0 Å². The molecule has 1 heterocycles. The van der Waals surface area contributed by atoms with Crippen LogP contribution in [0.2, 0.25) is 0 Å². The lowest BCUT2D eigenvalue weighted by atomic mass is 9.99. The number of Topliss-reactive ketones (excluding diaryl/α,β-unsaturated/α-hetero) is 1. The number of anilines is 1. The van der Waals surface area contributed by atoms with Crippen molar-refractivity contribution < 1.29 is 4.79 Å². The van der Waals surface area contributed by atoms with Crippen LogP contribution in [0.1, 0.15) is 24.8 Å². The molecule has 0 bridgehead atoms. The van der Waals surface area contributed by atoms with E-state index in [4.69, 9.17) is 5.73 Å². The Bertz CT molecular complexity index is 349. The monoisotopic (exact) mass is 190 g/mol. The maximum atomic E-state index is 11.1. The SMILES string of the molecule is Nc1cc(CC2CCC(=O)C2)ccn1. The van der Waals surface area contributed by atoms with Gasteiger partial charge in [-0.15, -0.1) is 0 Å². The summed E-state index contributed by atoms with van der Waals surface area (Å²) in [5.74, 6) is 1.48. The second kappa shape index (κ2) is 3.78. The lowest BCUT2D eigenvalue weighted by Crippen LogP contribution is -2.01. The maximum Gasteiger partial charge on any atom is 0.133 e. The number of aromatic nitrogens is 1. The fourth-order valence-corrected chi connectivity index (χ4v) is 2.02. The summed E-state index contributed by atoms with van der Waals surface area (Å²) in [6.07, 6.45) is 5.20. The molecule has 0 amide bonds. The number of nitrogens with zero attached hydrogens (tertiary/aromatic N) is 1. The molecule has 14 heavy (non-hydrogen) atoms. The summed E-state index contributed by atoms with van der Waals surface area (Å²) in [5.41, 5.74) is 6.77. The topological polar surface area (TPSA) is 56.0 Å². The first-order valence-electron chi connectivity index (χ1n) is 4.96. The minimum atomic E-state index is 0.400. The maximum absolute atomic E-state index is 11.1. The fraction of sp³-hybridized carbons (Fsp3) is 0.455. The predicted octanol–water partition coefficient (Wildman–Crippen LogP) is 1.58. The third-order valence-electron chi connectivity index (χ3n) is 2.72. The van der Waals surface area contributed by atoms with E-state index < -0.39 is 0 Å². The van der Waals surface area contributed by atoms with Gasteiger partial charge in [0.05, 0.1) is 0 Å². The molecule has 1 aromatic rings. The van der Waals surface area contributed by atoms with Crippen LogP contribution in [0, 0.1) is 5.92 Å². The molecule has 0 spiro atoms. The van der Waals surface area contributed by atoms with Crippen molar-refractivity contribution in [3.05, 3.63) is 23.9 Å². The van der Waals surface area contributed by atoms with Gasteiger partial charge in [0.25, 0.3) is 0 Å². The number of ketones is 1. The summed E-state index contributed by atoms with van der Waals surface area (Å²) >= 11 is 0. The quantitative estimate of drug-likeness (QED) is 0.770. The van der Waals surface area contributed by atoms with Crippen LogP contribution in [0.25, 0.3) is 0 Å². The highest BCUT2D eigenvalue weighted by atomic mass is 16.1. The van der Waals surface area contributed by atoms with Gasteiger partial charge >= 0.3 is 0 Å². The van der Waals surface area contributed by atoms with Crippen LogP contribution in [0.15, 0.2) is 18.3 Å². The second-order valence-electron chi connectivity index (χ2n) is 3.94. The normalized spacial score (nSPS) is 21.4. The van der Waals surface area contributed by atoms with Crippen molar-refractivity contribution in [2.45, 2.75) is 25.7 Å². The Morgan fingerprint density at radius 2 is 2.43 bits per heavy atom. The van der Waals surface area contributed by atoms with Gasteiger partial charge in [0.2, 0.25) is 0 Å². The number of pyridine rings is 1. The second-order valence-corrected chi connectivity index (χ2v) is 3.94. The summed E-state index contributed by atoms with van der Waals surface area (Å²) in [7, 11) is 0. The van der Waals surface area contributed by atoms with Gasteiger partial charge in [-0.2, -0.15) is 0 Å². The van der Waals surface area contributed by atoms with Crippen molar-refractivity contribution in [3.8, 4) is 0 Å². The van der Waals surface area contributed by atoms with Gasteiger partial charge in [0.1, 0.15) is 11.6 Å². The standard InChI is InChI=1S/C11H14N2O/c12-11-7-9(3-4-13-11)5-8-1-2-10(14)6-8/h3-4,7-8H,1-2,5-6H2,(H2,12,13). The summed E-state index contributed by atoms with van der Waals surface area (Å²) in [6, 6.07) is 3.86. The number of carbonyl (C=O) groups excluding carboxylic acids is 1. The smallest absolute Gasteiger partial charge is 0.133 e. The van der Waals surface area contributed by atoms with Crippen molar-refractivity contribution in [2.75, 3.05) is 5.73 Å². The number of hydrogen-bond acceptors (Lipinski definition) is 3. The highest BCUT2D eigenvalue weighted by molar-refractivity contribution is 5.80. The van der Waals surface area contributed by atoms with Gasteiger partial charge < -0.3 is 5.73 Å². The van der Waals surface area contributed by atoms with Crippen LogP contribution in [-0.4, -0.2) is 10.8 Å². The molecule has 1 fully saturated rings. The molecule has 2 N–H and O–H groups in total. The highest BCUT2D eigenvalue weighted by Crippen LogP contribution is 2.25. The molecule has 0 aromatic carbocycles. The molecule has 0 saturated heterocycles. The van der Waals surface area contributed by atoms with Crippen LogP contribution in [0.5, 0.6) is 0 Å². The molecule has 74 valence electrons. The van der Waals surface area contributed by atoms with Gasteiger partial charge in [-0.3, -0.25) is 4.79 Å². The molecule has 0 aliphatic heterocycles. The zero-order valence-corrected chi connectivity index (χ0v) is 8.07. The van der Waals surface area contributed by atoms with Gasteiger partial charge in [-0.05, 0) is 36.5 Å². The van der Waals surface area contributed by atoms with E-state index in [1.165, 1.54) is 5.56 Å². The predicted molar refractivity (Wildman–Crippen MR) is 54.7 cm³/mol. The van der Waals surface area contributed by atoms with Crippen molar-refractivity contribution in [2.24, 2.45) is 5.92 Å². The van der Waals surface area contributed by atoms with Crippen LogP contribution < -0.4 is 5.73 Å². The Kier molecular flexibility index (Phi) is 2.48. The summed E-state index contributed by atoms with van der Waals surface area (Å²) < 4.78 is 0. The number of carbonyl (C=O) groups is 1. The van der Waals surface area contributed by atoms with Crippen LogP contribution in [0.3, 0.4) is 0 Å². The van der Waals surface area contributed by atoms with E-state index in [0.717, 1.165) is 25.7 Å². The molecular formula is C11H14N2O. The Labute approximate surface area is 83.3 Å². The molecule has 2 rings (SSSR count). The third-order valence-corrected chi connectivity index (χ3v) is 2.72. The zero-order valence-electron chi connectivity index (χ0n) is 8.07. The van der Waals surface area contributed by atoms with Crippen molar-refractivity contribution >= 4 is 11.6 Å². The first-order chi connectivity index (χ1) is 6.74. The van der Waals surface area contributed by atoms with Crippen LogP contribution >= 0.6 is 0 Å². The molecule has 1 aromatic heterocycles. The van der Waals surface area contributed by atoms with Crippen LogP contribution in [-0.2, 0) is 11.2 Å². The molecule has 1 atom stereocenters. The Morgan fingerprint density at radius 1 is 1.57 bits per heavy atom. The van der Waals surface area contributed by atoms with Gasteiger partial charge in [0, 0.05) is 19.0 Å². The molecule has 1 aliphatic carbocycles. The summed E-state index contributed by atoms with van der Waals surface area (Å²) in [4.78, 5) is 15.0. The molecule has 1 saturated carbocycles. The average Bonchev–Trinajstić information content (AvgIpc) is 2.51. The third kappa shape index (κ3) is 2.10. The van der Waals surface area contributed by atoms with Crippen molar-refractivity contribution in [1.82, 2.24) is 4.98 Å². The fourth-order valence-electron chi connectivity index (χ4n) is 2.02. The molecule has 0 radical (unpaired) electrons. The zero-order chi connectivity index (χ0) is 9.97. The first kappa shape index (κ1) is 9.19. The van der Waals surface area contributed by atoms with E-state index >= 15 is 0 Å². The lowest BCUT2D eigenvalue weighted by Gasteiger charge is -2.07. The Balaban J connectivity index is 2.00. The molecule has 3 heteroatoms. The molecule has 1 unspecified atom stereocenters. The molecule has 3 nitrogen and oxygen atoms in total. The average molecular weight is 190 g/mol. The minimum absolute atomic E-state index is 0.400. The van der Waals surface area contributed by atoms with E-state index in [1.54, 1.807) is 6.20 Å². The van der Waals surface area contributed by atoms with Gasteiger partial charge in [-0.1, -0.05) is 0 Å². The van der Waals surface area contributed by atoms with E-state index in [2.05, 4.69) is 4.98 Å². The lowest BCUT2D eigenvalue weighted by molar-refractivity contribution is -0.117.